The number of rotatable bonds is 16. The minimum atomic E-state index is -0.720. The molecular formula is C18H34O4. The zero-order chi connectivity index (χ0) is 16.6. The lowest BCUT2D eigenvalue weighted by molar-refractivity contribution is -0.137. The predicted octanol–water partition coefficient (Wildman–Crippen LogP) is 4.48. The molecule has 4 nitrogen and oxygen atoms in total. The minimum Gasteiger partial charge on any atom is -0.481 e. The summed E-state index contributed by atoms with van der Waals surface area (Å²) in [6.07, 6.45) is 11.7. The van der Waals surface area contributed by atoms with Crippen molar-refractivity contribution in [3.63, 3.8) is 0 Å². The van der Waals surface area contributed by atoms with Crippen LogP contribution < -0.4 is 0 Å². The van der Waals surface area contributed by atoms with E-state index >= 15 is 0 Å². The van der Waals surface area contributed by atoms with Crippen LogP contribution in [0.15, 0.2) is 0 Å². The Morgan fingerprint density at radius 1 is 0.773 bits per heavy atom. The average Bonchev–Trinajstić information content (AvgIpc) is 2.47. The van der Waals surface area contributed by atoms with Crippen LogP contribution in [0.1, 0.15) is 96.8 Å². The van der Waals surface area contributed by atoms with Crippen molar-refractivity contribution in [1.82, 2.24) is 0 Å². The van der Waals surface area contributed by atoms with E-state index in [2.05, 4.69) is 6.92 Å². The van der Waals surface area contributed by atoms with Gasteiger partial charge in [0.15, 0.2) is 0 Å². The largest absolute Gasteiger partial charge is 0.481 e. The Labute approximate surface area is 135 Å². The molecule has 0 spiro atoms. The van der Waals surface area contributed by atoms with Gasteiger partial charge in [-0.1, -0.05) is 51.9 Å². The maximum atomic E-state index is 11.7. The van der Waals surface area contributed by atoms with Gasteiger partial charge in [-0.15, -0.1) is 0 Å². The number of carboxylic acid groups (broad SMARTS) is 1. The predicted molar refractivity (Wildman–Crippen MR) is 89.0 cm³/mol. The average molecular weight is 314 g/mol. The molecule has 0 aliphatic heterocycles. The third kappa shape index (κ3) is 15.5. The number of carbonyl (C=O) groups excluding carboxylic acids is 1. The molecule has 0 heterocycles. The zero-order valence-electron chi connectivity index (χ0n) is 14.2. The second kappa shape index (κ2) is 15.0. The summed E-state index contributed by atoms with van der Waals surface area (Å²) in [4.78, 5) is 22.0. The van der Waals surface area contributed by atoms with Crippen LogP contribution in [0.2, 0.25) is 0 Å². The smallest absolute Gasteiger partial charge is 0.303 e. The normalized spacial score (nSPS) is 12.3. The first-order valence-corrected chi connectivity index (χ1v) is 8.97. The van der Waals surface area contributed by atoms with Gasteiger partial charge in [0.05, 0.1) is 6.10 Å². The second-order valence-corrected chi connectivity index (χ2v) is 6.24. The molecule has 1 atom stereocenters. The fourth-order valence-corrected chi connectivity index (χ4v) is 2.53. The van der Waals surface area contributed by atoms with Crippen LogP contribution in [0.25, 0.3) is 0 Å². The molecule has 0 bridgehead atoms. The number of ketones is 1. The molecule has 130 valence electrons. The lowest BCUT2D eigenvalue weighted by atomic mass is 10.0. The second-order valence-electron chi connectivity index (χ2n) is 6.24. The van der Waals surface area contributed by atoms with Crippen LogP contribution in [0.4, 0.5) is 0 Å². The Morgan fingerprint density at radius 3 is 1.95 bits per heavy atom. The Kier molecular flexibility index (Phi) is 14.4. The molecule has 22 heavy (non-hydrogen) atoms. The maximum Gasteiger partial charge on any atom is 0.303 e. The molecule has 1 unspecified atom stereocenters. The third-order valence-electron chi connectivity index (χ3n) is 3.99. The molecule has 0 rings (SSSR count). The summed E-state index contributed by atoms with van der Waals surface area (Å²) in [5.41, 5.74) is 0. The van der Waals surface area contributed by atoms with E-state index in [-0.39, 0.29) is 18.3 Å². The molecule has 0 aromatic heterocycles. The Balaban J connectivity index is 3.33. The standard InChI is InChI=1S/C18H34O4/c1-2-3-8-11-16(19)14-15-17(20)12-9-6-4-5-7-10-13-18(21)22/h16,19H,2-15H2,1H3,(H,21,22). The Morgan fingerprint density at radius 2 is 1.36 bits per heavy atom. The van der Waals surface area contributed by atoms with E-state index < -0.39 is 5.97 Å². The highest BCUT2D eigenvalue weighted by Crippen LogP contribution is 2.12. The van der Waals surface area contributed by atoms with Crippen LogP contribution in [0.5, 0.6) is 0 Å². The number of hydrogen-bond acceptors (Lipinski definition) is 3. The summed E-state index contributed by atoms with van der Waals surface area (Å²) in [7, 11) is 0. The van der Waals surface area contributed by atoms with E-state index in [4.69, 9.17) is 5.11 Å². The summed E-state index contributed by atoms with van der Waals surface area (Å²) < 4.78 is 0. The first kappa shape index (κ1) is 21.1. The number of unbranched alkanes of at least 4 members (excludes halogenated alkanes) is 7. The monoisotopic (exact) mass is 314 g/mol. The van der Waals surface area contributed by atoms with Gasteiger partial charge in [0, 0.05) is 19.3 Å². The van der Waals surface area contributed by atoms with Gasteiger partial charge in [0.2, 0.25) is 0 Å². The van der Waals surface area contributed by atoms with Gasteiger partial charge in [-0.05, 0) is 25.7 Å². The topological polar surface area (TPSA) is 74.6 Å². The van der Waals surface area contributed by atoms with E-state index in [1.165, 1.54) is 0 Å². The first-order chi connectivity index (χ1) is 10.6. The van der Waals surface area contributed by atoms with Crippen molar-refractivity contribution in [2.75, 3.05) is 0 Å². The van der Waals surface area contributed by atoms with Gasteiger partial charge in [-0.2, -0.15) is 0 Å². The quantitative estimate of drug-likeness (QED) is 0.412. The van der Waals surface area contributed by atoms with Crippen LogP contribution in [0.3, 0.4) is 0 Å². The van der Waals surface area contributed by atoms with Crippen LogP contribution >= 0.6 is 0 Å². The Bertz CT molecular complexity index is 289. The molecule has 0 saturated carbocycles. The molecule has 0 aliphatic rings. The molecule has 0 amide bonds. The van der Waals surface area contributed by atoms with Crippen molar-refractivity contribution < 1.29 is 19.8 Å². The van der Waals surface area contributed by atoms with Gasteiger partial charge in [-0.3, -0.25) is 9.59 Å². The summed E-state index contributed by atoms with van der Waals surface area (Å²) in [6.45, 7) is 2.14. The molecule has 0 aromatic carbocycles. The fraction of sp³-hybridized carbons (Fsp3) is 0.889. The maximum absolute atomic E-state index is 11.7. The number of Topliss-reactive ketones (excluding diaryl/α,β-unsaturated/α-hetero) is 1. The SMILES string of the molecule is CCCCCC(O)CCC(=O)CCCCCCCCC(=O)O. The van der Waals surface area contributed by atoms with Gasteiger partial charge >= 0.3 is 5.97 Å². The van der Waals surface area contributed by atoms with E-state index in [1.54, 1.807) is 0 Å². The molecule has 0 aromatic rings. The lowest BCUT2D eigenvalue weighted by Gasteiger charge is -2.09. The van der Waals surface area contributed by atoms with Gasteiger partial charge in [0.25, 0.3) is 0 Å². The number of carbonyl (C=O) groups is 2. The minimum absolute atomic E-state index is 0.263. The molecule has 0 radical (unpaired) electrons. The van der Waals surface area contributed by atoms with E-state index in [9.17, 15) is 14.7 Å². The first-order valence-electron chi connectivity index (χ1n) is 8.97. The zero-order valence-corrected chi connectivity index (χ0v) is 14.2. The van der Waals surface area contributed by atoms with Crippen molar-refractivity contribution >= 4 is 11.8 Å². The summed E-state index contributed by atoms with van der Waals surface area (Å²) in [5, 5.41) is 18.3. The molecule has 0 saturated heterocycles. The van der Waals surface area contributed by atoms with E-state index in [0.717, 1.165) is 64.2 Å². The fourth-order valence-electron chi connectivity index (χ4n) is 2.53. The summed E-state index contributed by atoms with van der Waals surface area (Å²) in [5.74, 6) is -0.456. The van der Waals surface area contributed by atoms with Gasteiger partial charge in [-0.25, -0.2) is 0 Å². The van der Waals surface area contributed by atoms with Crippen molar-refractivity contribution in [3.8, 4) is 0 Å². The molecule has 0 fully saturated rings. The highest BCUT2D eigenvalue weighted by molar-refractivity contribution is 5.78. The number of aliphatic hydroxyl groups is 1. The summed E-state index contributed by atoms with van der Waals surface area (Å²) >= 11 is 0. The molecule has 2 N–H and O–H groups in total. The van der Waals surface area contributed by atoms with Gasteiger partial charge in [0.1, 0.15) is 5.78 Å². The van der Waals surface area contributed by atoms with Crippen molar-refractivity contribution in [2.24, 2.45) is 0 Å². The van der Waals surface area contributed by atoms with Crippen LogP contribution in [0, 0.1) is 0 Å². The van der Waals surface area contributed by atoms with E-state index in [0.29, 0.717) is 19.3 Å². The van der Waals surface area contributed by atoms with Crippen LogP contribution in [-0.2, 0) is 9.59 Å². The summed E-state index contributed by atoms with van der Waals surface area (Å²) in [6, 6.07) is 0. The lowest BCUT2D eigenvalue weighted by Crippen LogP contribution is -2.09. The highest BCUT2D eigenvalue weighted by Gasteiger charge is 2.08. The molecule has 0 aliphatic carbocycles. The van der Waals surface area contributed by atoms with E-state index in [1.807, 2.05) is 0 Å². The number of hydrogen-bond donors (Lipinski definition) is 2. The van der Waals surface area contributed by atoms with Crippen molar-refractivity contribution in [3.05, 3.63) is 0 Å². The number of carboxylic acids is 1. The molecule has 4 heteroatoms. The van der Waals surface area contributed by atoms with Crippen molar-refractivity contribution in [1.29, 1.82) is 0 Å². The van der Waals surface area contributed by atoms with Gasteiger partial charge < -0.3 is 10.2 Å². The number of aliphatic carboxylic acids is 1. The van der Waals surface area contributed by atoms with Crippen molar-refractivity contribution in [2.45, 2.75) is 103 Å². The number of aliphatic hydroxyl groups excluding tert-OH is 1. The Hall–Kier alpha value is -0.900. The molecular weight excluding hydrogens is 280 g/mol. The highest BCUT2D eigenvalue weighted by atomic mass is 16.4. The van der Waals surface area contributed by atoms with Crippen LogP contribution in [-0.4, -0.2) is 28.1 Å². The third-order valence-corrected chi connectivity index (χ3v) is 3.99.